The summed E-state index contributed by atoms with van der Waals surface area (Å²) in [5, 5.41) is 12.4. The van der Waals surface area contributed by atoms with Gasteiger partial charge in [-0.2, -0.15) is 0 Å². The van der Waals surface area contributed by atoms with E-state index < -0.39 is 6.09 Å². The summed E-state index contributed by atoms with van der Waals surface area (Å²) < 4.78 is 11.6. The summed E-state index contributed by atoms with van der Waals surface area (Å²) in [7, 11) is 1.67. The summed E-state index contributed by atoms with van der Waals surface area (Å²) in [5.74, 6) is 1.49. The Morgan fingerprint density at radius 3 is 2.64 bits per heavy atom. The highest BCUT2D eigenvalue weighted by molar-refractivity contribution is 5.98. The third-order valence-corrected chi connectivity index (χ3v) is 6.70. The van der Waals surface area contributed by atoms with E-state index in [1.165, 1.54) is 16.0 Å². The minimum atomic E-state index is -0.904. The van der Waals surface area contributed by atoms with Gasteiger partial charge in [-0.05, 0) is 58.7 Å². The molecular weight excluding hydrogens is 420 g/mol. The van der Waals surface area contributed by atoms with Crippen LogP contribution in [0.2, 0.25) is 0 Å². The number of nitrogens with one attached hydrogen (secondary N) is 1. The van der Waals surface area contributed by atoms with Crippen LogP contribution in [0.4, 0.5) is 4.79 Å². The predicted molar refractivity (Wildman–Crippen MR) is 125 cm³/mol. The lowest BCUT2D eigenvalue weighted by molar-refractivity contribution is 0.0927. The molecule has 1 saturated heterocycles. The Bertz CT molecular complexity index is 1060. The Morgan fingerprint density at radius 1 is 1.18 bits per heavy atom. The highest BCUT2D eigenvalue weighted by atomic mass is 16.5. The van der Waals surface area contributed by atoms with Crippen molar-refractivity contribution in [1.29, 1.82) is 0 Å². The van der Waals surface area contributed by atoms with Gasteiger partial charge in [-0.15, -0.1) is 0 Å². The second-order valence-corrected chi connectivity index (χ2v) is 9.90. The van der Waals surface area contributed by atoms with Crippen LogP contribution >= 0.6 is 0 Å². The summed E-state index contributed by atoms with van der Waals surface area (Å²) >= 11 is 0. The zero-order chi connectivity index (χ0) is 23.8. The van der Waals surface area contributed by atoms with Crippen molar-refractivity contribution in [3.63, 3.8) is 0 Å². The number of piperidine rings is 1. The molecule has 2 atom stereocenters. The minimum Gasteiger partial charge on any atom is -0.497 e. The highest BCUT2D eigenvalue weighted by Gasteiger charge is 2.36. The van der Waals surface area contributed by atoms with Crippen molar-refractivity contribution in [2.45, 2.75) is 45.1 Å². The topological polar surface area (TPSA) is 88.1 Å². The molecule has 2 aromatic carbocycles. The number of fused-ring (bicyclic) bond motifs is 1. The molecular formula is C26H32N2O5. The molecule has 7 heteroatoms. The first-order chi connectivity index (χ1) is 15.7. The van der Waals surface area contributed by atoms with Crippen LogP contribution in [0.1, 0.15) is 60.2 Å². The molecule has 2 aliphatic rings. The quantitative estimate of drug-likeness (QED) is 0.702. The molecule has 2 aromatic rings. The molecule has 0 saturated carbocycles. The Morgan fingerprint density at radius 2 is 1.94 bits per heavy atom. The first-order valence-electron chi connectivity index (χ1n) is 11.4. The Balaban J connectivity index is 1.62. The molecule has 7 nitrogen and oxygen atoms in total. The molecule has 4 rings (SSSR count). The van der Waals surface area contributed by atoms with Crippen LogP contribution in [0.5, 0.6) is 11.5 Å². The van der Waals surface area contributed by atoms with Crippen molar-refractivity contribution in [2.75, 3.05) is 26.8 Å². The van der Waals surface area contributed by atoms with Crippen LogP contribution in [0, 0.1) is 5.92 Å². The molecule has 0 aromatic heterocycles. The smallest absolute Gasteiger partial charge is 0.407 e. The van der Waals surface area contributed by atoms with Gasteiger partial charge in [0, 0.05) is 31.1 Å². The van der Waals surface area contributed by atoms with Gasteiger partial charge in [-0.1, -0.05) is 32.9 Å². The van der Waals surface area contributed by atoms with Crippen molar-refractivity contribution in [3.05, 3.63) is 58.7 Å². The molecule has 33 heavy (non-hydrogen) atoms. The van der Waals surface area contributed by atoms with Gasteiger partial charge in [0.05, 0.1) is 13.7 Å². The van der Waals surface area contributed by atoms with Gasteiger partial charge < -0.3 is 24.8 Å². The molecule has 2 N–H and O–H groups in total. The van der Waals surface area contributed by atoms with Crippen LogP contribution in [0.25, 0.3) is 0 Å². The summed E-state index contributed by atoms with van der Waals surface area (Å²) in [6, 6.07) is 11.7. The lowest BCUT2D eigenvalue weighted by Crippen LogP contribution is -2.44. The van der Waals surface area contributed by atoms with Crippen molar-refractivity contribution in [2.24, 2.45) is 5.92 Å². The molecule has 2 heterocycles. The molecule has 1 fully saturated rings. The zero-order valence-corrected chi connectivity index (χ0v) is 19.7. The highest BCUT2D eigenvalue weighted by Crippen LogP contribution is 2.40. The largest absolute Gasteiger partial charge is 0.497 e. The molecule has 0 spiro atoms. The van der Waals surface area contributed by atoms with E-state index in [0.29, 0.717) is 37.6 Å². The maximum atomic E-state index is 12.0. The number of hydrogen-bond acceptors (Lipinski definition) is 4. The number of methoxy groups -OCH3 is 1. The lowest BCUT2D eigenvalue weighted by atomic mass is 9.73. The number of nitrogens with zero attached hydrogens (tertiary/aromatic N) is 1. The second-order valence-electron chi connectivity index (χ2n) is 9.90. The van der Waals surface area contributed by atoms with E-state index in [2.05, 4.69) is 38.2 Å². The molecule has 176 valence electrons. The van der Waals surface area contributed by atoms with Crippen LogP contribution < -0.4 is 14.8 Å². The number of carbonyl (C=O) groups is 2. The van der Waals surface area contributed by atoms with Crippen molar-refractivity contribution in [3.8, 4) is 11.5 Å². The fourth-order valence-corrected chi connectivity index (χ4v) is 4.90. The zero-order valence-electron chi connectivity index (χ0n) is 19.7. The van der Waals surface area contributed by atoms with E-state index in [1.807, 2.05) is 18.2 Å². The molecule has 2 aliphatic heterocycles. The van der Waals surface area contributed by atoms with Crippen LogP contribution in [0.3, 0.4) is 0 Å². The SMILES string of the molecule is COc1ccc(C2CCN(C(=O)O)CC2COc2ccc3c(c2)C(=O)NC3)c(C(C)(C)C)c1. The van der Waals surface area contributed by atoms with Crippen LogP contribution in [-0.2, 0) is 12.0 Å². The summed E-state index contributed by atoms with van der Waals surface area (Å²) in [6.45, 7) is 8.34. The van der Waals surface area contributed by atoms with Gasteiger partial charge in [0.15, 0.2) is 0 Å². The average molecular weight is 453 g/mol. The first-order valence-corrected chi connectivity index (χ1v) is 11.4. The van der Waals surface area contributed by atoms with E-state index in [-0.39, 0.29) is 23.2 Å². The van der Waals surface area contributed by atoms with Crippen molar-refractivity contribution in [1.82, 2.24) is 10.2 Å². The summed E-state index contributed by atoms with van der Waals surface area (Å²) in [5.41, 5.74) is 3.94. The van der Waals surface area contributed by atoms with Gasteiger partial charge in [-0.3, -0.25) is 4.79 Å². The number of hydrogen-bond donors (Lipinski definition) is 2. The lowest BCUT2D eigenvalue weighted by Gasteiger charge is -2.39. The third-order valence-electron chi connectivity index (χ3n) is 6.70. The normalized spacial score (nSPS) is 20.2. The minimum absolute atomic E-state index is 0.0218. The summed E-state index contributed by atoms with van der Waals surface area (Å²) in [4.78, 5) is 25.2. The third kappa shape index (κ3) is 4.77. The molecule has 2 unspecified atom stereocenters. The second kappa shape index (κ2) is 8.96. The van der Waals surface area contributed by atoms with Gasteiger partial charge >= 0.3 is 6.09 Å². The predicted octanol–water partition coefficient (Wildman–Crippen LogP) is 4.40. The fourth-order valence-electron chi connectivity index (χ4n) is 4.90. The number of likely N-dealkylation sites (tertiary alicyclic amines) is 1. The molecule has 0 radical (unpaired) electrons. The van der Waals surface area contributed by atoms with Gasteiger partial charge in [-0.25, -0.2) is 4.79 Å². The van der Waals surface area contributed by atoms with Gasteiger partial charge in [0.25, 0.3) is 5.91 Å². The Kier molecular flexibility index (Phi) is 6.23. The number of benzene rings is 2. The summed E-state index contributed by atoms with van der Waals surface area (Å²) in [6.07, 6.45) is -0.180. The number of carbonyl (C=O) groups excluding carboxylic acids is 1. The van der Waals surface area contributed by atoms with E-state index in [4.69, 9.17) is 9.47 Å². The maximum absolute atomic E-state index is 12.0. The Labute approximate surface area is 194 Å². The first kappa shape index (κ1) is 23.0. The average Bonchev–Trinajstić information content (AvgIpc) is 3.16. The molecule has 2 amide bonds. The standard InChI is InChI=1S/C26H32N2O5/c1-26(2,3)23-12-18(32-4)7-8-21(23)20-9-10-28(25(30)31)14-17(20)15-33-19-6-5-16-13-27-24(29)22(16)11-19/h5-8,11-12,17,20H,9-10,13-15H2,1-4H3,(H,27,29)(H,30,31). The number of rotatable bonds is 5. The number of ether oxygens (including phenoxy) is 2. The molecule has 0 bridgehead atoms. The van der Waals surface area contributed by atoms with Gasteiger partial charge in [0.2, 0.25) is 0 Å². The molecule has 0 aliphatic carbocycles. The van der Waals surface area contributed by atoms with Crippen molar-refractivity contribution >= 4 is 12.0 Å². The fraction of sp³-hybridized carbons (Fsp3) is 0.462. The monoisotopic (exact) mass is 452 g/mol. The van der Waals surface area contributed by atoms with E-state index in [0.717, 1.165) is 17.7 Å². The Hall–Kier alpha value is -3.22. The van der Waals surface area contributed by atoms with Crippen molar-refractivity contribution < 1.29 is 24.2 Å². The maximum Gasteiger partial charge on any atom is 0.407 e. The van der Waals surface area contributed by atoms with Crippen LogP contribution in [0.15, 0.2) is 36.4 Å². The van der Waals surface area contributed by atoms with E-state index >= 15 is 0 Å². The number of carboxylic acid groups (broad SMARTS) is 1. The van der Waals surface area contributed by atoms with Gasteiger partial charge in [0.1, 0.15) is 11.5 Å². The van der Waals surface area contributed by atoms with E-state index in [9.17, 15) is 14.7 Å². The van der Waals surface area contributed by atoms with Crippen LogP contribution in [-0.4, -0.2) is 48.8 Å². The number of amides is 2. The van der Waals surface area contributed by atoms with E-state index in [1.54, 1.807) is 13.2 Å².